The number of hydrogen-bond acceptors (Lipinski definition) is 4. The number of carbonyl (C=O) groups is 1. The zero-order chi connectivity index (χ0) is 15.7. The number of likely N-dealkylation sites (N-methyl/N-ethyl adjacent to an activating group) is 1. The minimum atomic E-state index is -0.355. The highest BCUT2D eigenvalue weighted by Crippen LogP contribution is 2.04. The van der Waals surface area contributed by atoms with Gasteiger partial charge in [-0.3, -0.25) is 4.79 Å². The number of nitrogens with one attached hydrogen (secondary N) is 1. The van der Waals surface area contributed by atoms with E-state index < -0.39 is 0 Å². The molecule has 0 aromatic rings. The van der Waals surface area contributed by atoms with Gasteiger partial charge in [-0.2, -0.15) is 0 Å². The van der Waals surface area contributed by atoms with Crippen LogP contribution in [0.1, 0.15) is 40.0 Å². The van der Waals surface area contributed by atoms with Gasteiger partial charge < -0.3 is 20.9 Å². The van der Waals surface area contributed by atoms with Crippen LogP contribution in [-0.2, 0) is 4.79 Å². The molecule has 5 nitrogen and oxygen atoms in total. The van der Waals surface area contributed by atoms with E-state index in [1.54, 1.807) is 0 Å². The number of nitrogens with zero attached hydrogens (tertiary/aromatic N) is 2. The Morgan fingerprint density at radius 2 is 1.58 bits per heavy atom. The largest absolute Gasteiger partial charge is 0.355 e. The number of unbranched alkanes of at least 4 members (excludes halogenated alkanes) is 1. The average molecular weight is 408 g/mol. The predicted molar refractivity (Wildman–Crippen MR) is 110 cm³/mol. The zero-order valence-corrected chi connectivity index (χ0v) is 17.8. The molecule has 8 heteroatoms. The molecule has 0 aromatic heterocycles. The van der Waals surface area contributed by atoms with Crippen molar-refractivity contribution < 1.29 is 4.79 Å². The lowest BCUT2D eigenvalue weighted by molar-refractivity contribution is -0.122. The molecule has 1 amide bonds. The van der Waals surface area contributed by atoms with Crippen molar-refractivity contribution in [1.29, 1.82) is 0 Å². The lowest BCUT2D eigenvalue weighted by Crippen LogP contribution is -2.46. The van der Waals surface area contributed by atoms with Crippen LogP contribution in [-0.4, -0.2) is 67.6 Å². The Morgan fingerprint density at radius 1 is 1.04 bits per heavy atom. The van der Waals surface area contributed by atoms with Crippen molar-refractivity contribution >= 4 is 43.1 Å². The smallest absolute Gasteiger partial charge is 0.236 e. The van der Waals surface area contributed by atoms with Crippen molar-refractivity contribution in [3.05, 3.63) is 0 Å². The van der Waals surface area contributed by atoms with Crippen molar-refractivity contribution in [2.45, 2.75) is 46.1 Å². The van der Waals surface area contributed by atoms with Crippen LogP contribution in [0.2, 0.25) is 0 Å². The summed E-state index contributed by atoms with van der Waals surface area (Å²) < 4.78 is 0. The first-order valence-electron chi connectivity index (χ1n) is 8.51. The molecule has 3 N–H and O–H groups in total. The van der Waals surface area contributed by atoms with Gasteiger partial charge in [0.1, 0.15) is 0 Å². The Bertz CT molecular complexity index is 301. The van der Waals surface area contributed by atoms with Gasteiger partial charge in [0, 0.05) is 32.7 Å². The van der Waals surface area contributed by atoms with Gasteiger partial charge in [-0.05, 0) is 38.3 Å². The van der Waals surface area contributed by atoms with Crippen LogP contribution in [0.25, 0.3) is 0 Å². The van der Waals surface area contributed by atoms with Gasteiger partial charge in [0.05, 0.1) is 6.04 Å². The first-order valence-corrected chi connectivity index (χ1v) is 8.51. The minimum absolute atomic E-state index is 0. The highest BCUT2D eigenvalue weighted by atomic mass is 35.5. The fourth-order valence-electron chi connectivity index (χ4n) is 2.75. The van der Waals surface area contributed by atoms with E-state index in [0.29, 0.717) is 5.92 Å². The molecule has 0 spiro atoms. The summed E-state index contributed by atoms with van der Waals surface area (Å²) in [6.45, 7) is 14.2. The van der Waals surface area contributed by atoms with Gasteiger partial charge in [0.25, 0.3) is 0 Å². The van der Waals surface area contributed by atoms with Gasteiger partial charge in [-0.25, -0.2) is 0 Å². The molecule has 0 saturated carbocycles. The third-order valence-corrected chi connectivity index (χ3v) is 4.17. The maximum atomic E-state index is 11.8. The summed E-state index contributed by atoms with van der Waals surface area (Å²) in [4.78, 5) is 16.8. The van der Waals surface area contributed by atoms with E-state index in [1.165, 1.54) is 26.2 Å². The Morgan fingerprint density at radius 3 is 2.08 bits per heavy atom. The molecular weight excluding hydrogens is 371 g/mol. The molecule has 1 saturated heterocycles. The molecule has 0 aliphatic carbocycles. The fraction of sp³-hybridized carbons (Fsp3) is 0.938. The van der Waals surface area contributed by atoms with Crippen LogP contribution in [0.15, 0.2) is 0 Å². The van der Waals surface area contributed by atoms with Crippen molar-refractivity contribution in [2.75, 3.05) is 45.8 Å². The van der Waals surface area contributed by atoms with Crippen LogP contribution in [0.3, 0.4) is 0 Å². The molecule has 1 aliphatic heterocycles. The molecule has 1 rings (SSSR count). The lowest BCUT2D eigenvalue weighted by atomic mass is 10.0. The van der Waals surface area contributed by atoms with Gasteiger partial charge in [0.2, 0.25) is 5.91 Å². The number of nitrogens with two attached hydrogens (primary N) is 1. The molecule has 1 aliphatic rings. The van der Waals surface area contributed by atoms with Crippen LogP contribution in [0.4, 0.5) is 0 Å². The van der Waals surface area contributed by atoms with E-state index in [-0.39, 0.29) is 49.2 Å². The normalized spacial score (nSPS) is 16.5. The Kier molecular flexibility index (Phi) is 20.2. The second kappa shape index (κ2) is 16.7. The van der Waals surface area contributed by atoms with Crippen molar-refractivity contribution in [3.63, 3.8) is 0 Å². The van der Waals surface area contributed by atoms with Gasteiger partial charge >= 0.3 is 0 Å². The van der Waals surface area contributed by atoms with E-state index in [4.69, 9.17) is 5.73 Å². The molecule has 1 atom stereocenters. The van der Waals surface area contributed by atoms with Crippen molar-refractivity contribution in [1.82, 2.24) is 15.1 Å². The molecule has 0 unspecified atom stereocenters. The highest BCUT2D eigenvalue weighted by Gasteiger charge is 2.15. The van der Waals surface area contributed by atoms with E-state index in [9.17, 15) is 4.79 Å². The molecule has 0 bridgehead atoms. The number of piperazine rings is 1. The number of amides is 1. The zero-order valence-electron chi connectivity index (χ0n) is 15.3. The molecule has 0 radical (unpaired) electrons. The topological polar surface area (TPSA) is 61.6 Å². The Balaban J connectivity index is -0.00000147. The predicted octanol–water partition coefficient (Wildman–Crippen LogP) is 2.16. The first-order chi connectivity index (χ1) is 10.0. The second-order valence-corrected chi connectivity index (χ2v) is 6.51. The number of hydrogen-bond donors (Lipinski definition) is 2. The summed E-state index contributed by atoms with van der Waals surface area (Å²) in [6.07, 6.45) is 2.94. The molecule has 148 valence electrons. The van der Waals surface area contributed by atoms with E-state index in [1.807, 2.05) is 0 Å². The van der Waals surface area contributed by atoms with Gasteiger partial charge in [-0.1, -0.05) is 20.8 Å². The van der Waals surface area contributed by atoms with Gasteiger partial charge in [-0.15, -0.1) is 37.2 Å². The minimum Gasteiger partial charge on any atom is -0.355 e. The standard InChI is InChI=1S/C16H34N4O.3ClH/c1-4-19-9-11-20(12-10-19)8-6-5-7-18-16(21)15(17)13-14(2)3;;;/h14-15H,4-13,17H2,1-3H3,(H,18,21);3*1H/t15-;;;/m0.../s1. The highest BCUT2D eigenvalue weighted by molar-refractivity contribution is 5.86. The van der Waals surface area contributed by atoms with Crippen LogP contribution < -0.4 is 11.1 Å². The molecule has 0 aromatic carbocycles. The SMILES string of the molecule is CCN1CCN(CCCCNC(=O)[C@@H](N)CC(C)C)CC1.Cl.Cl.Cl. The van der Waals surface area contributed by atoms with Crippen LogP contribution >= 0.6 is 37.2 Å². The number of carbonyl (C=O) groups excluding carboxylic acids is 1. The third kappa shape index (κ3) is 12.6. The van der Waals surface area contributed by atoms with Crippen molar-refractivity contribution in [3.8, 4) is 0 Å². The number of rotatable bonds is 9. The fourth-order valence-corrected chi connectivity index (χ4v) is 2.75. The molecule has 24 heavy (non-hydrogen) atoms. The van der Waals surface area contributed by atoms with E-state index in [2.05, 4.69) is 35.9 Å². The second-order valence-electron chi connectivity index (χ2n) is 6.51. The Labute approximate surface area is 166 Å². The lowest BCUT2D eigenvalue weighted by Gasteiger charge is -2.34. The quantitative estimate of drug-likeness (QED) is 0.575. The summed E-state index contributed by atoms with van der Waals surface area (Å²) in [5.41, 5.74) is 5.85. The maximum Gasteiger partial charge on any atom is 0.236 e. The van der Waals surface area contributed by atoms with Crippen molar-refractivity contribution in [2.24, 2.45) is 11.7 Å². The Hall–Kier alpha value is 0.220. The average Bonchev–Trinajstić information content (AvgIpc) is 2.46. The third-order valence-electron chi connectivity index (χ3n) is 4.17. The maximum absolute atomic E-state index is 11.8. The van der Waals surface area contributed by atoms with Crippen LogP contribution in [0.5, 0.6) is 0 Å². The van der Waals surface area contributed by atoms with Gasteiger partial charge in [0.15, 0.2) is 0 Å². The first kappa shape index (κ1) is 29.0. The van der Waals surface area contributed by atoms with E-state index in [0.717, 1.165) is 38.9 Å². The summed E-state index contributed by atoms with van der Waals surface area (Å²) in [7, 11) is 0. The van der Waals surface area contributed by atoms with Crippen LogP contribution in [0, 0.1) is 5.92 Å². The monoisotopic (exact) mass is 406 g/mol. The summed E-state index contributed by atoms with van der Waals surface area (Å²) in [5.74, 6) is 0.466. The molecular formula is C16H37Cl3N4O. The number of halogens is 3. The summed E-state index contributed by atoms with van der Waals surface area (Å²) in [5, 5.41) is 2.95. The molecule has 1 heterocycles. The van der Waals surface area contributed by atoms with E-state index >= 15 is 0 Å². The summed E-state index contributed by atoms with van der Waals surface area (Å²) >= 11 is 0. The molecule has 1 fully saturated rings. The summed E-state index contributed by atoms with van der Waals surface area (Å²) in [6, 6.07) is -0.355.